The van der Waals surface area contributed by atoms with Crippen molar-refractivity contribution < 1.29 is 0 Å². The zero-order chi connectivity index (χ0) is 27.4. The van der Waals surface area contributed by atoms with Gasteiger partial charge >= 0.3 is 0 Å². The lowest BCUT2D eigenvalue weighted by molar-refractivity contribution is 0.673. The molecule has 0 saturated heterocycles. The Balaban J connectivity index is 1.12. The Morgan fingerprint density at radius 1 is 0.700 bits per heavy atom. The van der Waals surface area contributed by atoms with Crippen molar-refractivity contribution in [2.75, 3.05) is 0 Å². The summed E-state index contributed by atoms with van der Waals surface area (Å²) in [5, 5.41) is 5.50. The van der Waals surface area contributed by atoms with Gasteiger partial charge < -0.3 is 0 Å². The average molecular weight is 631 g/mol. The highest BCUT2D eigenvalue weighted by molar-refractivity contribution is 8.03. The van der Waals surface area contributed by atoms with Crippen LogP contribution in [0.2, 0.25) is 0 Å². The van der Waals surface area contributed by atoms with Crippen molar-refractivity contribution in [2.24, 2.45) is 0 Å². The molecule has 0 bridgehead atoms. The number of thioether (sulfide) groups is 1. The molecule has 0 amide bonds. The van der Waals surface area contributed by atoms with E-state index < -0.39 is 0 Å². The Morgan fingerprint density at radius 3 is 2.12 bits per heavy atom. The van der Waals surface area contributed by atoms with Gasteiger partial charge in [0.25, 0.3) is 0 Å². The van der Waals surface area contributed by atoms with Gasteiger partial charge in [0.2, 0.25) is 0 Å². The normalized spacial score (nSPS) is 15.9. The second kappa shape index (κ2) is 10.7. The van der Waals surface area contributed by atoms with Crippen LogP contribution >= 0.6 is 68.4 Å². The number of hydrogen-bond donors (Lipinski definition) is 0. The average Bonchev–Trinajstić information content (AvgIpc) is 3.77. The molecule has 0 fully saturated rings. The monoisotopic (exact) mass is 630 g/mol. The van der Waals surface area contributed by atoms with E-state index in [9.17, 15) is 0 Å². The van der Waals surface area contributed by atoms with Gasteiger partial charge in [0.15, 0.2) is 0 Å². The van der Waals surface area contributed by atoms with Crippen LogP contribution in [0.3, 0.4) is 0 Å². The van der Waals surface area contributed by atoms with Gasteiger partial charge in [-0.2, -0.15) is 0 Å². The molecule has 0 N–H and O–H groups in total. The minimum absolute atomic E-state index is 0.00594. The van der Waals surface area contributed by atoms with Gasteiger partial charge in [-0.05, 0) is 70.5 Å². The molecule has 6 heteroatoms. The van der Waals surface area contributed by atoms with Gasteiger partial charge in [-0.3, -0.25) is 0 Å². The minimum atomic E-state index is 0.00594. The molecule has 1 aliphatic heterocycles. The van der Waals surface area contributed by atoms with E-state index in [1.165, 1.54) is 59.6 Å². The molecule has 1 aromatic carbocycles. The lowest BCUT2D eigenvalue weighted by Crippen LogP contribution is -2.16. The predicted molar refractivity (Wildman–Crippen MR) is 186 cm³/mol. The van der Waals surface area contributed by atoms with E-state index >= 15 is 0 Å². The molecule has 7 rings (SSSR count). The van der Waals surface area contributed by atoms with Crippen molar-refractivity contribution in [3.05, 3.63) is 104 Å². The van der Waals surface area contributed by atoms with E-state index in [-0.39, 0.29) is 5.41 Å². The zero-order valence-corrected chi connectivity index (χ0v) is 27.8. The molecule has 202 valence electrons. The first-order valence-electron chi connectivity index (χ1n) is 13.6. The smallest absolute Gasteiger partial charge is 0.0524 e. The quantitative estimate of drug-likeness (QED) is 0.169. The third-order valence-corrected chi connectivity index (χ3v) is 16.0. The standard InChI is InChI=1S/C34H30S6/c1-20(2)23-11-12-24(36-23)25-13-14-26(37-25)27-15-17-30(38-27)34(3,4)31-18-16-29(39-31)33-22-9-6-5-8-21(22)32(40-33)28-10-7-19-35-28/h5-15,17-20,29H,16H2,1-4H3. The molecule has 0 aliphatic carbocycles. The molecule has 6 aromatic rings. The molecule has 6 heterocycles. The van der Waals surface area contributed by atoms with E-state index in [4.69, 9.17) is 0 Å². The van der Waals surface area contributed by atoms with Crippen LogP contribution in [-0.2, 0) is 5.41 Å². The highest BCUT2D eigenvalue weighted by Crippen LogP contribution is 2.56. The molecular weight excluding hydrogens is 601 g/mol. The summed E-state index contributed by atoms with van der Waals surface area (Å²) < 4.78 is 0. The largest absolute Gasteiger partial charge is 0.143 e. The first-order chi connectivity index (χ1) is 19.4. The number of hydrogen-bond acceptors (Lipinski definition) is 6. The van der Waals surface area contributed by atoms with Crippen LogP contribution < -0.4 is 0 Å². The number of allylic oxidation sites excluding steroid dienone is 2. The Kier molecular flexibility index (Phi) is 7.22. The van der Waals surface area contributed by atoms with Crippen LogP contribution in [0.15, 0.2) is 89.2 Å². The summed E-state index contributed by atoms with van der Waals surface area (Å²) in [4.78, 5) is 14.3. The van der Waals surface area contributed by atoms with E-state index in [2.05, 4.69) is 124 Å². The lowest BCUT2D eigenvalue weighted by atomic mass is 9.90. The van der Waals surface area contributed by atoms with Gasteiger partial charge in [-0.1, -0.05) is 64.1 Å². The fourth-order valence-corrected chi connectivity index (χ4v) is 12.4. The first kappa shape index (κ1) is 26.9. The predicted octanol–water partition coefficient (Wildman–Crippen LogP) is 13.3. The summed E-state index contributed by atoms with van der Waals surface area (Å²) in [7, 11) is 0. The lowest BCUT2D eigenvalue weighted by Gasteiger charge is -2.25. The van der Waals surface area contributed by atoms with Crippen LogP contribution in [-0.4, -0.2) is 0 Å². The Bertz CT molecular complexity index is 1810. The van der Waals surface area contributed by atoms with Crippen LogP contribution in [0.5, 0.6) is 0 Å². The van der Waals surface area contributed by atoms with Crippen molar-refractivity contribution in [3.8, 4) is 29.3 Å². The second-order valence-electron chi connectivity index (χ2n) is 11.0. The fraction of sp³-hybridized carbons (Fsp3) is 0.235. The van der Waals surface area contributed by atoms with Crippen LogP contribution in [0, 0.1) is 0 Å². The molecule has 5 aromatic heterocycles. The molecular formula is C34H30S6. The molecule has 0 nitrogen and oxygen atoms in total. The first-order valence-corrected chi connectivity index (χ1v) is 18.6. The number of benzene rings is 1. The van der Waals surface area contributed by atoms with Crippen LogP contribution in [0.25, 0.3) is 40.0 Å². The van der Waals surface area contributed by atoms with Gasteiger partial charge in [0.05, 0.1) is 4.88 Å². The third-order valence-electron chi connectivity index (χ3n) is 7.60. The maximum atomic E-state index is 2.51. The summed E-state index contributed by atoms with van der Waals surface area (Å²) in [5.41, 5.74) is 0.00594. The summed E-state index contributed by atoms with van der Waals surface area (Å²) in [5.74, 6) is 0.587. The van der Waals surface area contributed by atoms with Crippen molar-refractivity contribution in [1.29, 1.82) is 0 Å². The van der Waals surface area contributed by atoms with Crippen LogP contribution in [0.4, 0.5) is 0 Å². The van der Waals surface area contributed by atoms with E-state index in [1.807, 2.05) is 56.7 Å². The number of thiophene rings is 5. The summed E-state index contributed by atoms with van der Waals surface area (Å²) in [6, 6.07) is 27.3. The molecule has 0 radical (unpaired) electrons. The van der Waals surface area contributed by atoms with Crippen molar-refractivity contribution in [3.63, 3.8) is 0 Å². The molecule has 0 saturated carbocycles. The molecule has 1 aliphatic rings. The maximum absolute atomic E-state index is 2.51. The van der Waals surface area contributed by atoms with Crippen LogP contribution in [0.1, 0.15) is 59.9 Å². The summed E-state index contributed by atoms with van der Waals surface area (Å²) in [6.45, 7) is 9.37. The van der Waals surface area contributed by atoms with E-state index in [0.29, 0.717) is 11.2 Å². The highest BCUT2D eigenvalue weighted by atomic mass is 32.2. The fourth-order valence-electron chi connectivity index (χ4n) is 5.30. The topological polar surface area (TPSA) is 0 Å². The van der Waals surface area contributed by atoms with Gasteiger partial charge in [0, 0.05) is 55.1 Å². The molecule has 1 unspecified atom stereocenters. The second-order valence-corrected chi connectivity index (χ2v) is 17.6. The Hall–Kier alpha value is -1.93. The third kappa shape index (κ3) is 4.81. The molecule has 0 spiro atoms. The zero-order valence-electron chi connectivity index (χ0n) is 22.9. The van der Waals surface area contributed by atoms with Gasteiger partial charge in [0.1, 0.15) is 0 Å². The van der Waals surface area contributed by atoms with Crippen molar-refractivity contribution >= 4 is 79.2 Å². The van der Waals surface area contributed by atoms with E-state index in [0.717, 1.165) is 6.42 Å². The van der Waals surface area contributed by atoms with E-state index in [1.54, 1.807) is 0 Å². The van der Waals surface area contributed by atoms with Crippen molar-refractivity contribution in [1.82, 2.24) is 0 Å². The summed E-state index contributed by atoms with van der Waals surface area (Å²) >= 11 is 11.8. The van der Waals surface area contributed by atoms with Gasteiger partial charge in [-0.15, -0.1) is 68.4 Å². The minimum Gasteiger partial charge on any atom is -0.143 e. The molecule has 40 heavy (non-hydrogen) atoms. The summed E-state index contributed by atoms with van der Waals surface area (Å²) in [6.07, 6.45) is 3.61. The molecule has 1 atom stereocenters. The highest BCUT2D eigenvalue weighted by Gasteiger charge is 2.35. The van der Waals surface area contributed by atoms with Crippen molar-refractivity contribution in [2.45, 2.75) is 50.7 Å². The SMILES string of the molecule is CC(C)c1ccc(-c2ccc(-c3ccc(C(C)(C)C4=CCC(c5sc(-c6cccs6)c6ccccc56)S4)s3)s2)s1. The number of rotatable bonds is 7. The Labute approximate surface area is 261 Å². The Morgan fingerprint density at radius 2 is 1.40 bits per heavy atom. The maximum Gasteiger partial charge on any atom is 0.0524 e. The van der Waals surface area contributed by atoms with Gasteiger partial charge in [-0.25, -0.2) is 0 Å². The number of fused-ring (bicyclic) bond motifs is 1.